The molecular formula is C25H34N6O11S. The Kier molecular flexibility index (Phi) is 15.8. The molecule has 0 aliphatic heterocycles. The highest BCUT2D eigenvalue weighted by molar-refractivity contribution is 7.80. The zero-order chi connectivity index (χ0) is 32.5. The van der Waals surface area contributed by atoms with E-state index in [1.54, 1.807) is 30.3 Å². The maximum atomic E-state index is 13.0. The molecule has 43 heavy (non-hydrogen) atoms. The van der Waals surface area contributed by atoms with E-state index in [9.17, 15) is 38.4 Å². The molecule has 0 radical (unpaired) electrons. The summed E-state index contributed by atoms with van der Waals surface area (Å²) < 4.78 is 0. The molecule has 0 aliphatic rings. The molecule has 1 rings (SSSR count). The zero-order valence-corrected chi connectivity index (χ0v) is 23.6. The van der Waals surface area contributed by atoms with Crippen molar-refractivity contribution in [3.63, 3.8) is 0 Å². The first kappa shape index (κ1) is 36.3. The average Bonchev–Trinajstić information content (AvgIpc) is 2.95. The molecule has 18 heteroatoms. The van der Waals surface area contributed by atoms with Crippen molar-refractivity contribution < 1.29 is 53.7 Å². The van der Waals surface area contributed by atoms with E-state index in [0.717, 1.165) is 0 Å². The Morgan fingerprint density at radius 1 is 0.814 bits per heavy atom. The van der Waals surface area contributed by atoms with Gasteiger partial charge in [0.25, 0.3) is 0 Å². The predicted octanol–water partition coefficient (Wildman–Crippen LogP) is -3.40. The van der Waals surface area contributed by atoms with Crippen molar-refractivity contribution in [1.82, 2.24) is 26.6 Å². The van der Waals surface area contributed by atoms with Crippen molar-refractivity contribution in [2.24, 2.45) is 5.73 Å². The fourth-order valence-electron chi connectivity index (χ4n) is 3.51. The molecule has 17 nitrogen and oxygen atoms in total. The number of carbonyl (C=O) groups excluding carboxylic acids is 5. The van der Waals surface area contributed by atoms with Crippen LogP contribution in [-0.2, 0) is 44.8 Å². The molecule has 0 aromatic heterocycles. The standard InChI is InChI=1S/C25H34N6O11S/c26-14(21(36)30-17(9-20(34)35)23(38)31-18(11-43)25(41)42)10-27-22(37)16(8-13-4-2-1-3-5-13)29-19(33)7-6-15(24(39)40)28-12-32/h1-5,12,14-18,43H,6-11,26H2,(H,27,37)(H,28,32)(H,29,33)(H,30,36)(H,31,38)(H,34,35)(H,39,40)(H,41,42)/t14-,15-,16-,17-,18-/m0/s1. The topological polar surface area (TPSA) is 283 Å². The van der Waals surface area contributed by atoms with Gasteiger partial charge in [-0.3, -0.25) is 28.8 Å². The Balaban J connectivity index is 2.89. The Hall–Kier alpha value is -4.71. The second-order valence-corrected chi connectivity index (χ2v) is 9.48. The fourth-order valence-corrected chi connectivity index (χ4v) is 3.76. The van der Waals surface area contributed by atoms with Crippen LogP contribution in [0.15, 0.2) is 30.3 Å². The van der Waals surface area contributed by atoms with Crippen LogP contribution in [0.3, 0.4) is 0 Å². The number of nitrogens with two attached hydrogens (primary N) is 1. The largest absolute Gasteiger partial charge is 0.481 e. The van der Waals surface area contributed by atoms with Gasteiger partial charge in [0.1, 0.15) is 30.2 Å². The molecule has 0 bridgehead atoms. The molecule has 0 heterocycles. The van der Waals surface area contributed by atoms with Crippen LogP contribution in [0, 0.1) is 0 Å². The SMILES string of the molecule is N[C@@H](CNC(=O)[C@H](Cc1ccccc1)NC(=O)CC[C@H](NC=O)C(=O)O)C(=O)N[C@@H](CC(=O)O)C(=O)N[C@@H](CS)C(=O)O. The second-order valence-electron chi connectivity index (χ2n) is 9.12. The zero-order valence-electron chi connectivity index (χ0n) is 22.7. The monoisotopic (exact) mass is 626 g/mol. The van der Waals surface area contributed by atoms with Gasteiger partial charge in [-0.05, 0) is 12.0 Å². The molecule has 5 amide bonds. The van der Waals surface area contributed by atoms with Gasteiger partial charge < -0.3 is 47.6 Å². The Morgan fingerprint density at radius 3 is 1.95 bits per heavy atom. The highest BCUT2D eigenvalue weighted by Crippen LogP contribution is 2.06. The third-order valence-corrected chi connectivity index (χ3v) is 6.17. The van der Waals surface area contributed by atoms with E-state index in [0.29, 0.717) is 5.56 Å². The van der Waals surface area contributed by atoms with Gasteiger partial charge in [-0.15, -0.1) is 0 Å². The molecular weight excluding hydrogens is 592 g/mol. The number of hydrogen-bond acceptors (Lipinski definition) is 10. The maximum Gasteiger partial charge on any atom is 0.327 e. The van der Waals surface area contributed by atoms with Crippen LogP contribution in [-0.4, -0.2) is 106 Å². The first-order valence-corrected chi connectivity index (χ1v) is 13.4. The minimum atomic E-state index is -1.69. The van der Waals surface area contributed by atoms with Gasteiger partial charge in [0.2, 0.25) is 30.0 Å². The summed E-state index contributed by atoms with van der Waals surface area (Å²) in [6.45, 7) is -0.508. The number of carbonyl (C=O) groups is 8. The highest BCUT2D eigenvalue weighted by Gasteiger charge is 2.30. The first-order chi connectivity index (χ1) is 20.3. The van der Waals surface area contributed by atoms with Crippen molar-refractivity contribution >= 4 is 60.6 Å². The van der Waals surface area contributed by atoms with Crippen LogP contribution in [0.4, 0.5) is 0 Å². The number of carboxylic acid groups (broad SMARTS) is 3. The fraction of sp³-hybridized carbons (Fsp3) is 0.440. The van der Waals surface area contributed by atoms with Crippen LogP contribution < -0.4 is 32.3 Å². The van der Waals surface area contributed by atoms with Crippen LogP contribution >= 0.6 is 12.6 Å². The van der Waals surface area contributed by atoms with Gasteiger partial charge in [-0.25, -0.2) is 9.59 Å². The highest BCUT2D eigenvalue weighted by atomic mass is 32.1. The lowest BCUT2D eigenvalue weighted by Gasteiger charge is -2.22. The van der Waals surface area contributed by atoms with Gasteiger partial charge in [0, 0.05) is 25.1 Å². The van der Waals surface area contributed by atoms with E-state index in [2.05, 4.69) is 39.2 Å². The van der Waals surface area contributed by atoms with Crippen molar-refractivity contribution in [1.29, 1.82) is 0 Å². The van der Waals surface area contributed by atoms with Gasteiger partial charge >= 0.3 is 17.9 Å². The molecule has 236 valence electrons. The molecule has 1 aromatic carbocycles. The number of thiol groups is 1. The molecule has 10 N–H and O–H groups in total. The second kappa shape index (κ2) is 18.7. The molecule has 0 saturated carbocycles. The molecule has 0 unspecified atom stereocenters. The number of benzene rings is 1. The van der Waals surface area contributed by atoms with Crippen molar-refractivity contribution in [3.05, 3.63) is 35.9 Å². The smallest absolute Gasteiger partial charge is 0.327 e. The Labute approximate surface area is 250 Å². The van der Waals surface area contributed by atoms with E-state index in [1.165, 1.54) is 0 Å². The summed E-state index contributed by atoms with van der Waals surface area (Å²) >= 11 is 3.80. The van der Waals surface area contributed by atoms with Crippen molar-refractivity contribution in [3.8, 4) is 0 Å². The van der Waals surface area contributed by atoms with Crippen LogP contribution in [0.1, 0.15) is 24.8 Å². The summed E-state index contributed by atoms with van der Waals surface area (Å²) in [4.78, 5) is 94.7. The summed E-state index contributed by atoms with van der Waals surface area (Å²) in [5.41, 5.74) is 6.47. The lowest BCUT2D eigenvalue weighted by atomic mass is 10.0. The number of nitrogens with one attached hydrogen (secondary N) is 5. The van der Waals surface area contributed by atoms with Crippen LogP contribution in [0.25, 0.3) is 0 Å². The summed E-state index contributed by atoms with van der Waals surface area (Å²) in [5, 5.41) is 38.4. The molecule has 5 atom stereocenters. The number of carboxylic acids is 3. The maximum absolute atomic E-state index is 13.0. The third-order valence-electron chi connectivity index (χ3n) is 5.80. The Morgan fingerprint density at radius 2 is 1.42 bits per heavy atom. The summed E-state index contributed by atoms with van der Waals surface area (Å²) in [6, 6.07) is 1.37. The van der Waals surface area contributed by atoms with Crippen molar-refractivity contribution in [2.45, 2.75) is 55.9 Å². The van der Waals surface area contributed by atoms with Gasteiger partial charge in [-0.1, -0.05) is 30.3 Å². The summed E-state index contributed by atoms with van der Waals surface area (Å²) in [6.07, 6.45) is -1.30. The summed E-state index contributed by atoms with van der Waals surface area (Å²) in [5.74, 6) is -8.16. The Bertz CT molecular complexity index is 1170. The van der Waals surface area contributed by atoms with E-state index in [1.807, 2.05) is 0 Å². The van der Waals surface area contributed by atoms with Crippen LogP contribution in [0.5, 0.6) is 0 Å². The molecule has 0 aliphatic carbocycles. The predicted molar refractivity (Wildman–Crippen MR) is 151 cm³/mol. The van der Waals surface area contributed by atoms with Crippen molar-refractivity contribution in [2.75, 3.05) is 12.3 Å². The average molecular weight is 627 g/mol. The minimum absolute atomic E-state index is 0.00549. The van der Waals surface area contributed by atoms with Crippen LogP contribution in [0.2, 0.25) is 0 Å². The van der Waals surface area contributed by atoms with E-state index in [-0.39, 0.29) is 31.4 Å². The third kappa shape index (κ3) is 13.7. The molecule has 0 fully saturated rings. The normalized spacial score (nSPS) is 14.0. The van der Waals surface area contributed by atoms with Gasteiger partial charge in [0.15, 0.2) is 0 Å². The molecule has 1 aromatic rings. The number of hydrogen-bond donors (Lipinski definition) is 10. The molecule has 0 saturated heterocycles. The number of aliphatic carboxylic acids is 3. The van der Waals surface area contributed by atoms with E-state index < -0.39 is 84.7 Å². The number of rotatable bonds is 20. The first-order valence-electron chi connectivity index (χ1n) is 12.7. The van der Waals surface area contributed by atoms with Gasteiger partial charge in [0.05, 0.1) is 6.42 Å². The van der Waals surface area contributed by atoms with E-state index >= 15 is 0 Å². The molecule has 0 spiro atoms. The summed E-state index contributed by atoms with van der Waals surface area (Å²) in [7, 11) is 0. The quantitative estimate of drug-likeness (QED) is 0.0501. The lowest BCUT2D eigenvalue weighted by Crippen LogP contribution is -2.58. The lowest BCUT2D eigenvalue weighted by molar-refractivity contribution is -0.143. The van der Waals surface area contributed by atoms with E-state index in [4.69, 9.17) is 21.1 Å². The minimum Gasteiger partial charge on any atom is -0.481 e. The van der Waals surface area contributed by atoms with Gasteiger partial charge in [-0.2, -0.15) is 12.6 Å². The number of amides is 5.